The molecule has 0 atom stereocenters. The van der Waals surface area contributed by atoms with Gasteiger partial charge < -0.3 is 14.2 Å². The SMILES string of the molecule is Cc1ncc(CN(C)C(=O)CN(Cc2ccco2)c2cccc(Cl)c2)s1. The number of rotatable bonds is 7. The van der Waals surface area contributed by atoms with E-state index in [1.165, 1.54) is 0 Å². The van der Waals surface area contributed by atoms with Crippen molar-refractivity contribution in [2.24, 2.45) is 0 Å². The Morgan fingerprint density at radius 1 is 1.27 bits per heavy atom. The van der Waals surface area contributed by atoms with Crippen LogP contribution in [0.5, 0.6) is 0 Å². The van der Waals surface area contributed by atoms with Crippen molar-refractivity contribution in [3.8, 4) is 0 Å². The molecule has 0 saturated heterocycles. The number of carbonyl (C=O) groups excluding carboxylic acids is 1. The highest BCUT2D eigenvalue weighted by Crippen LogP contribution is 2.22. The minimum atomic E-state index is 0.0163. The van der Waals surface area contributed by atoms with Crippen LogP contribution >= 0.6 is 22.9 Å². The molecule has 0 aliphatic rings. The Morgan fingerprint density at radius 2 is 2.12 bits per heavy atom. The number of amides is 1. The molecule has 136 valence electrons. The minimum absolute atomic E-state index is 0.0163. The van der Waals surface area contributed by atoms with E-state index in [0.717, 1.165) is 21.3 Å². The molecule has 0 aliphatic heterocycles. The van der Waals surface area contributed by atoms with E-state index in [1.807, 2.05) is 54.4 Å². The molecular weight excluding hydrogens is 370 g/mol. The lowest BCUT2D eigenvalue weighted by Gasteiger charge is -2.26. The van der Waals surface area contributed by atoms with E-state index in [2.05, 4.69) is 4.98 Å². The van der Waals surface area contributed by atoms with Gasteiger partial charge in [0.1, 0.15) is 5.76 Å². The first-order valence-corrected chi connectivity index (χ1v) is 9.39. The largest absolute Gasteiger partial charge is 0.467 e. The van der Waals surface area contributed by atoms with Gasteiger partial charge >= 0.3 is 0 Å². The molecule has 7 heteroatoms. The molecule has 0 unspecified atom stereocenters. The van der Waals surface area contributed by atoms with Gasteiger partial charge in [-0.3, -0.25) is 4.79 Å². The van der Waals surface area contributed by atoms with Crippen LogP contribution in [0.2, 0.25) is 5.02 Å². The van der Waals surface area contributed by atoms with Crippen molar-refractivity contribution in [1.29, 1.82) is 0 Å². The summed E-state index contributed by atoms with van der Waals surface area (Å²) < 4.78 is 5.45. The predicted octanol–water partition coefficient (Wildman–Crippen LogP) is 4.36. The Bertz CT molecular complexity index is 863. The first-order chi connectivity index (χ1) is 12.5. The van der Waals surface area contributed by atoms with Gasteiger partial charge in [-0.05, 0) is 37.3 Å². The summed E-state index contributed by atoms with van der Waals surface area (Å²) >= 11 is 7.73. The number of thiazole rings is 1. The van der Waals surface area contributed by atoms with Crippen LogP contribution in [0.4, 0.5) is 5.69 Å². The lowest BCUT2D eigenvalue weighted by molar-refractivity contribution is -0.128. The number of hydrogen-bond acceptors (Lipinski definition) is 5. The Morgan fingerprint density at radius 3 is 2.77 bits per heavy atom. The van der Waals surface area contributed by atoms with Crippen LogP contribution < -0.4 is 4.90 Å². The molecule has 0 spiro atoms. The zero-order chi connectivity index (χ0) is 18.5. The molecule has 2 aromatic heterocycles. The number of furan rings is 1. The van der Waals surface area contributed by atoms with Gasteiger partial charge in [-0.1, -0.05) is 17.7 Å². The van der Waals surface area contributed by atoms with E-state index in [4.69, 9.17) is 16.0 Å². The third-order valence-corrected chi connectivity index (χ3v) is 5.05. The normalized spacial score (nSPS) is 10.7. The second kappa shape index (κ2) is 8.38. The molecule has 3 aromatic rings. The van der Waals surface area contributed by atoms with Gasteiger partial charge in [-0.15, -0.1) is 11.3 Å². The van der Waals surface area contributed by atoms with E-state index < -0.39 is 0 Å². The van der Waals surface area contributed by atoms with Crippen molar-refractivity contribution in [2.45, 2.75) is 20.0 Å². The molecule has 0 bridgehead atoms. The second-order valence-electron chi connectivity index (χ2n) is 6.01. The van der Waals surface area contributed by atoms with Crippen LogP contribution in [0.3, 0.4) is 0 Å². The smallest absolute Gasteiger partial charge is 0.242 e. The highest BCUT2D eigenvalue weighted by molar-refractivity contribution is 7.11. The average Bonchev–Trinajstić information content (AvgIpc) is 3.26. The van der Waals surface area contributed by atoms with Crippen LogP contribution in [-0.4, -0.2) is 29.4 Å². The summed E-state index contributed by atoms with van der Waals surface area (Å²) in [5, 5.41) is 1.63. The summed E-state index contributed by atoms with van der Waals surface area (Å²) in [4.78, 5) is 21.7. The Balaban J connectivity index is 1.72. The Hall–Kier alpha value is -2.31. The summed E-state index contributed by atoms with van der Waals surface area (Å²) in [5.41, 5.74) is 0.879. The van der Waals surface area contributed by atoms with Gasteiger partial charge in [0.25, 0.3) is 0 Å². The summed E-state index contributed by atoms with van der Waals surface area (Å²) in [6, 6.07) is 11.2. The van der Waals surface area contributed by atoms with Crippen molar-refractivity contribution in [3.05, 3.63) is 69.5 Å². The van der Waals surface area contributed by atoms with Crippen molar-refractivity contribution in [2.75, 3.05) is 18.5 Å². The maximum Gasteiger partial charge on any atom is 0.242 e. The standard InChI is InChI=1S/C19H20ClN3O2S/c1-14-21-10-18(26-14)12-22(2)19(24)13-23(11-17-7-4-8-25-17)16-6-3-5-15(20)9-16/h3-10H,11-13H2,1-2H3. The maximum atomic E-state index is 12.8. The second-order valence-corrected chi connectivity index (χ2v) is 7.77. The van der Waals surface area contributed by atoms with E-state index in [0.29, 0.717) is 18.1 Å². The number of benzene rings is 1. The molecule has 0 aliphatic carbocycles. The summed E-state index contributed by atoms with van der Waals surface area (Å²) in [5.74, 6) is 0.807. The van der Waals surface area contributed by atoms with Crippen molar-refractivity contribution >= 4 is 34.5 Å². The minimum Gasteiger partial charge on any atom is -0.467 e. The first-order valence-electron chi connectivity index (χ1n) is 8.19. The molecular formula is C19H20ClN3O2S. The van der Waals surface area contributed by atoms with E-state index >= 15 is 0 Å². The van der Waals surface area contributed by atoms with Crippen molar-refractivity contribution < 1.29 is 9.21 Å². The zero-order valence-electron chi connectivity index (χ0n) is 14.7. The molecule has 0 radical (unpaired) electrons. The number of halogens is 1. The monoisotopic (exact) mass is 389 g/mol. The van der Waals surface area contributed by atoms with E-state index in [-0.39, 0.29) is 12.5 Å². The van der Waals surface area contributed by atoms with Gasteiger partial charge in [0.05, 0.1) is 30.9 Å². The lowest BCUT2D eigenvalue weighted by Crippen LogP contribution is -2.37. The highest BCUT2D eigenvalue weighted by Gasteiger charge is 2.17. The number of anilines is 1. The van der Waals surface area contributed by atoms with Crippen LogP contribution in [-0.2, 0) is 17.9 Å². The third-order valence-electron chi connectivity index (χ3n) is 3.91. The zero-order valence-corrected chi connectivity index (χ0v) is 16.3. The van der Waals surface area contributed by atoms with Gasteiger partial charge in [-0.2, -0.15) is 0 Å². The number of aromatic nitrogens is 1. The highest BCUT2D eigenvalue weighted by atomic mass is 35.5. The Kier molecular flexibility index (Phi) is 5.96. The molecule has 0 fully saturated rings. The third kappa shape index (κ3) is 4.86. The average molecular weight is 390 g/mol. The number of aryl methyl sites for hydroxylation is 1. The fourth-order valence-corrected chi connectivity index (χ4v) is 3.62. The predicted molar refractivity (Wildman–Crippen MR) is 105 cm³/mol. The van der Waals surface area contributed by atoms with Gasteiger partial charge in [0.2, 0.25) is 5.91 Å². The number of carbonyl (C=O) groups is 1. The van der Waals surface area contributed by atoms with Gasteiger partial charge in [-0.25, -0.2) is 4.98 Å². The molecule has 0 saturated carbocycles. The number of nitrogens with zero attached hydrogens (tertiary/aromatic N) is 3. The van der Waals surface area contributed by atoms with E-state index in [9.17, 15) is 4.79 Å². The number of likely N-dealkylation sites (N-methyl/N-ethyl adjacent to an activating group) is 1. The molecule has 5 nitrogen and oxygen atoms in total. The Labute approximate surface area is 161 Å². The fourth-order valence-electron chi connectivity index (χ4n) is 2.59. The molecule has 3 rings (SSSR count). The quantitative estimate of drug-likeness (QED) is 0.602. The first kappa shape index (κ1) is 18.5. The van der Waals surface area contributed by atoms with Crippen LogP contribution in [0.1, 0.15) is 15.6 Å². The van der Waals surface area contributed by atoms with Crippen LogP contribution in [0, 0.1) is 6.92 Å². The molecule has 0 N–H and O–H groups in total. The fraction of sp³-hybridized carbons (Fsp3) is 0.263. The topological polar surface area (TPSA) is 49.6 Å². The van der Waals surface area contributed by atoms with Crippen LogP contribution in [0.15, 0.2) is 53.3 Å². The summed E-state index contributed by atoms with van der Waals surface area (Å²) in [7, 11) is 1.81. The van der Waals surface area contributed by atoms with Crippen LogP contribution in [0.25, 0.3) is 0 Å². The molecule has 2 heterocycles. The van der Waals surface area contributed by atoms with Crippen molar-refractivity contribution in [3.63, 3.8) is 0 Å². The molecule has 26 heavy (non-hydrogen) atoms. The molecule has 1 aromatic carbocycles. The number of hydrogen-bond donors (Lipinski definition) is 0. The summed E-state index contributed by atoms with van der Waals surface area (Å²) in [6.07, 6.45) is 3.45. The molecule has 1 amide bonds. The van der Waals surface area contributed by atoms with Gasteiger partial charge in [0.15, 0.2) is 0 Å². The summed E-state index contributed by atoms with van der Waals surface area (Å²) in [6.45, 7) is 3.23. The lowest BCUT2D eigenvalue weighted by atomic mass is 10.2. The van der Waals surface area contributed by atoms with Gasteiger partial charge in [0, 0.05) is 28.8 Å². The van der Waals surface area contributed by atoms with E-state index in [1.54, 1.807) is 29.5 Å². The van der Waals surface area contributed by atoms with Crippen molar-refractivity contribution in [1.82, 2.24) is 9.88 Å². The maximum absolute atomic E-state index is 12.8.